The van der Waals surface area contributed by atoms with E-state index in [1.807, 2.05) is 25.1 Å². The highest BCUT2D eigenvalue weighted by molar-refractivity contribution is 6.30. The number of halogens is 1. The summed E-state index contributed by atoms with van der Waals surface area (Å²) < 4.78 is 5.88. The molecular weight excluding hydrogens is 262 g/mol. The number of ether oxygens (including phenoxy) is 1. The lowest BCUT2D eigenvalue weighted by Crippen LogP contribution is -2.37. The molecule has 0 aliphatic carbocycles. The van der Waals surface area contributed by atoms with Crippen molar-refractivity contribution in [2.45, 2.75) is 45.1 Å². The molecule has 0 heterocycles. The summed E-state index contributed by atoms with van der Waals surface area (Å²) in [4.78, 5) is 11.4. The van der Waals surface area contributed by atoms with Gasteiger partial charge in [-0.1, -0.05) is 32.0 Å². The van der Waals surface area contributed by atoms with E-state index in [9.17, 15) is 4.79 Å². The van der Waals surface area contributed by atoms with Gasteiger partial charge in [-0.05, 0) is 31.4 Å². The number of carbonyl (C=O) groups is 1. The van der Waals surface area contributed by atoms with Crippen molar-refractivity contribution in [3.63, 3.8) is 0 Å². The Morgan fingerprint density at radius 1 is 1.26 bits per heavy atom. The fraction of sp³-hybridized carbons (Fsp3) is 0.533. The van der Waals surface area contributed by atoms with Crippen molar-refractivity contribution >= 4 is 17.5 Å². The van der Waals surface area contributed by atoms with Crippen molar-refractivity contribution in [3.8, 4) is 5.75 Å². The Morgan fingerprint density at radius 3 is 2.47 bits per heavy atom. The van der Waals surface area contributed by atoms with Crippen LogP contribution in [0, 0.1) is 0 Å². The second-order valence-corrected chi connectivity index (χ2v) is 5.64. The predicted octanol–water partition coefficient (Wildman–Crippen LogP) is 3.32. The van der Waals surface area contributed by atoms with Crippen LogP contribution in [-0.2, 0) is 4.79 Å². The molecule has 1 N–H and O–H groups in total. The van der Waals surface area contributed by atoms with Gasteiger partial charge in [0.15, 0.2) is 0 Å². The van der Waals surface area contributed by atoms with Gasteiger partial charge in [0, 0.05) is 0 Å². The van der Waals surface area contributed by atoms with E-state index in [0.717, 1.165) is 5.75 Å². The van der Waals surface area contributed by atoms with Crippen molar-refractivity contribution in [2.24, 2.45) is 0 Å². The smallest absolute Gasteiger partial charge is 0.237 e. The fourth-order valence-corrected chi connectivity index (χ4v) is 1.79. The Morgan fingerprint density at radius 2 is 1.89 bits per heavy atom. The van der Waals surface area contributed by atoms with Gasteiger partial charge < -0.3 is 10.1 Å². The first-order valence-corrected chi connectivity index (χ1v) is 7.02. The summed E-state index contributed by atoms with van der Waals surface area (Å²) in [5, 5.41) is 2.24. The van der Waals surface area contributed by atoms with E-state index in [4.69, 9.17) is 16.3 Å². The topological polar surface area (TPSA) is 38.3 Å². The van der Waals surface area contributed by atoms with E-state index in [1.165, 1.54) is 5.56 Å². The zero-order valence-electron chi connectivity index (χ0n) is 11.9. The van der Waals surface area contributed by atoms with Crippen LogP contribution >= 0.6 is 11.6 Å². The van der Waals surface area contributed by atoms with Gasteiger partial charge in [-0.2, -0.15) is 0 Å². The number of rotatable bonds is 6. The van der Waals surface area contributed by atoms with E-state index < -0.39 is 5.38 Å². The SMILES string of the molecule is CC(CNC(=O)C(C)Cl)Oc1ccccc1C(C)C. The van der Waals surface area contributed by atoms with E-state index in [0.29, 0.717) is 12.5 Å². The van der Waals surface area contributed by atoms with Crippen LogP contribution in [0.2, 0.25) is 0 Å². The molecule has 1 aromatic rings. The van der Waals surface area contributed by atoms with Gasteiger partial charge in [-0.15, -0.1) is 11.6 Å². The molecule has 1 rings (SSSR count). The second-order valence-electron chi connectivity index (χ2n) is 4.98. The molecule has 19 heavy (non-hydrogen) atoms. The number of para-hydroxylation sites is 1. The minimum Gasteiger partial charge on any atom is -0.489 e. The molecule has 0 spiro atoms. The number of alkyl halides is 1. The van der Waals surface area contributed by atoms with Crippen LogP contribution in [0.4, 0.5) is 0 Å². The van der Waals surface area contributed by atoms with Crippen molar-refractivity contribution in [1.29, 1.82) is 0 Å². The number of benzene rings is 1. The summed E-state index contributed by atoms with van der Waals surface area (Å²) in [6.07, 6.45) is -0.0979. The lowest BCUT2D eigenvalue weighted by Gasteiger charge is -2.19. The molecule has 0 radical (unpaired) electrons. The highest BCUT2D eigenvalue weighted by Crippen LogP contribution is 2.26. The van der Waals surface area contributed by atoms with Crippen molar-refractivity contribution in [2.75, 3.05) is 6.54 Å². The van der Waals surface area contributed by atoms with Crippen LogP contribution in [0.5, 0.6) is 5.75 Å². The molecule has 0 aliphatic rings. The van der Waals surface area contributed by atoms with Crippen LogP contribution in [0.25, 0.3) is 0 Å². The molecule has 4 heteroatoms. The lowest BCUT2D eigenvalue weighted by atomic mass is 10.0. The number of hydrogen-bond acceptors (Lipinski definition) is 2. The molecular formula is C15H22ClNO2. The van der Waals surface area contributed by atoms with Crippen LogP contribution in [0.1, 0.15) is 39.2 Å². The average Bonchev–Trinajstić information content (AvgIpc) is 2.36. The zero-order chi connectivity index (χ0) is 14.4. The molecule has 0 bridgehead atoms. The third-order valence-corrected chi connectivity index (χ3v) is 2.99. The maximum absolute atomic E-state index is 11.4. The summed E-state index contributed by atoms with van der Waals surface area (Å²) in [7, 11) is 0. The zero-order valence-corrected chi connectivity index (χ0v) is 12.7. The van der Waals surface area contributed by atoms with Gasteiger partial charge in [0.25, 0.3) is 0 Å². The Bertz CT molecular complexity index is 418. The minimum atomic E-state index is -0.518. The summed E-state index contributed by atoms with van der Waals surface area (Å²) in [5.41, 5.74) is 1.17. The van der Waals surface area contributed by atoms with E-state index >= 15 is 0 Å². The molecule has 0 aromatic heterocycles. The molecule has 0 aliphatic heterocycles. The Balaban J connectivity index is 2.57. The first-order chi connectivity index (χ1) is 8.91. The molecule has 2 atom stereocenters. The summed E-state index contributed by atoms with van der Waals surface area (Å²) in [6, 6.07) is 7.97. The number of hydrogen-bond donors (Lipinski definition) is 1. The van der Waals surface area contributed by atoms with Gasteiger partial charge >= 0.3 is 0 Å². The average molecular weight is 284 g/mol. The molecule has 106 valence electrons. The first-order valence-electron chi connectivity index (χ1n) is 6.59. The maximum Gasteiger partial charge on any atom is 0.237 e. The molecule has 2 unspecified atom stereocenters. The predicted molar refractivity (Wildman–Crippen MR) is 78.9 cm³/mol. The third kappa shape index (κ3) is 5.11. The second kappa shape index (κ2) is 7.39. The van der Waals surface area contributed by atoms with Crippen molar-refractivity contribution in [3.05, 3.63) is 29.8 Å². The third-order valence-electron chi connectivity index (χ3n) is 2.79. The first kappa shape index (κ1) is 15.8. The Kier molecular flexibility index (Phi) is 6.16. The van der Waals surface area contributed by atoms with Gasteiger partial charge in [0.05, 0.1) is 6.54 Å². The van der Waals surface area contributed by atoms with E-state index in [-0.39, 0.29) is 12.0 Å². The standard InChI is InChI=1S/C15H22ClNO2/c1-10(2)13-7-5-6-8-14(13)19-11(3)9-17-15(18)12(4)16/h5-8,10-12H,9H2,1-4H3,(H,17,18). The molecule has 0 saturated carbocycles. The summed E-state index contributed by atoms with van der Waals surface area (Å²) in [6.45, 7) is 8.28. The molecule has 3 nitrogen and oxygen atoms in total. The van der Waals surface area contributed by atoms with Gasteiger partial charge in [0.1, 0.15) is 17.2 Å². The highest BCUT2D eigenvalue weighted by atomic mass is 35.5. The number of nitrogens with one attached hydrogen (secondary N) is 1. The van der Waals surface area contributed by atoms with Crippen molar-refractivity contribution < 1.29 is 9.53 Å². The minimum absolute atomic E-state index is 0.0979. The fourth-order valence-electron chi connectivity index (χ4n) is 1.71. The van der Waals surface area contributed by atoms with Crippen LogP contribution in [-0.4, -0.2) is 23.9 Å². The quantitative estimate of drug-likeness (QED) is 0.814. The molecule has 0 fully saturated rings. The number of amides is 1. The van der Waals surface area contributed by atoms with Crippen LogP contribution < -0.4 is 10.1 Å². The maximum atomic E-state index is 11.4. The van der Waals surface area contributed by atoms with Crippen LogP contribution in [0.3, 0.4) is 0 Å². The van der Waals surface area contributed by atoms with Crippen LogP contribution in [0.15, 0.2) is 24.3 Å². The summed E-state index contributed by atoms with van der Waals surface area (Å²) >= 11 is 5.69. The molecule has 0 saturated heterocycles. The Hall–Kier alpha value is -1.22. The molecule has 1 amide bonds. The van der Waals surface area contributed by atoms with Gasteiger partial charge in [-0.3, -0.25) is 4.79 Å². The Labute approximate surface area is 120 Å². The monoisotopic (exact) mass is 283 g/mol. The van der Waals surface area contributed by atoms with Gasteiger partial charge in [0.2, 0.25) is 5.91 Å². The highest BCUT2D eigenvalue weighted by Gasteiger charge is 2.13. The van der Waals surface area contributed by atoms with Crippen molar-refractivity contribution in [1.82, 2.24) is 5.32 Å². The lowest BCUT2D eigenvalue weighted by molar-refractivity contribution is -0.120. The largest absolute Gasteiger partial charge is 0.489 e. The van der Waals surface area contributed by atoms with E-state index in [1.54, 1.807) is 6.92 Å². The van der Waals surface area contributed by atoms with E-state index in [2.05, 4.69) is 25.2 Å². The summed E-state index contributed by atoms with van der Waals surface area (Å²) in [5.74, 6) is 1.10. The van der Waals surface area contributed by atoms with Gasteiger partial charge in [-0.25, -0.2) is 0 Å². The molecule has 1 aromatic carbocycles. The normalized spacial score (nSPS) is 14.0. The number of carbonyl (C=O) groups excluding carboxylic acids is 1.